The molecule has 3 atom stereocenters. The fourth-order valence-electron chi connectivity index (χ4n) is 3.72. The summed E-state index contributed by atoms with van der Waals surface area (Å²) in [5.74, 6) is -2.99. The summed E-state index contributed by atoms with van der Waals surface area (Å²) in [6.45, 7) is 0.0999. The van der Waals surface area contributed by atoms with Crippen LogP contribution in [0.1, 0.15) is 28.3 Å². The molecule has 2 aliphatic rings. The second-order valence-electron chi connectivity index (χ2n) is 7.62. The van der Waals surface area contributed by atoms with Crippen LogP contribution in [0.5, 0.6) is 0 Å². The fourth-order valence-corrected chi connectivity index (χ4v) is 5.31. The standard InChI is InChI=1S/C21H15Cl5N2O4/c22-11-3-9(4-12(23)6-11)17-18(21(17,25)26)20(31)27-13-1-2-15(24)14(7-13)16(29)5-10-8-32-28-19(10)30/h1-4,6-7,10,17-18H,5,8H2,(H,27,31)(H,28,30). The van der Waals surface area contributed by atoms with E-state index in [1.165, 1.54) is 12.1 Å². The lowest BCUT2D eigenvalue weighted by Crippen LogP contribution is -2.21. The Morgan fingerprint density at radius 2 is 1.78 bits per heavy atom. The molecule has 11 heteroatoms. The van der Waals surface area contributed by atoms with Crippen LogP contribution in [0, 0.1) is 11.8 Å². The summed E-state index contributed by atoms with van der Waals surface area (Å²) in [4.78, 5) is 42.0. The number of Topliss-reactive ketones (excluding diaryl/α,β-unsaturated/α-hetero) is 1. The Morgan fingerprint density at radius 1 is 1.09 bits per heavy atom. The minimum absolute atomic E-state index is 0.0738. The number of ketones is 1. The number of hydroxylamine groups is 1. The number of nitrogens with one attached hydrogen (secondary N) is 2. The number of anilines is 1. The number of hydrogen-bond acceptors (Lipinski definition) is 4. The molecule has 2 fully saturated rings. The lowest BCUT2D eigenvalue weighted by molar-refractivity contribution is -0.126. The molecule has 6 nitrogen and oxygen atoms in total. The second-order valence-corrected chi connectivity index (χ2v) is 10.3. The zero-order chi connectivity index (χ0) is 23.2. The van der Waals surface area contributed by atoms with Crippen LogP contribution in [0.15, 0.2) is 36.4 Å². The van der Waals surface area contributed by atoms with Gasteiger partial charge in [0.05, 0.1) is 23.5 Å². The highest BCUT2D eigenvalue weighted by Gasteiger charge is 2.67. The third-order valence-corrected chi connectivity index (χ3v) is 7.08. The van der Waals surface area contributed by atoms with Crippen LogP contribution in [0.4, 0.5) is 5.69 Å². The summed E-state index contributed by atoms with van der Waals surface area (Å²) >= 11 is 31.0. The highest BCUT2D eigenvalue weighted by molar-refractivity contribution is 6.53. The fraction of sp³-hybridized carbons (Fsp3) is 0.286. The summed E-state index contributed by atoms with van der Waals surface area (Å²) in [7, 11) is 0. The molecule has 0 bridgehead atoms. The molecule has 0 radical (unpaired) electrons. The highest BCUT2D eigenvalue weighted by Crippen LogP contribution is 2.65. The van der Waals surface area contributed by atoms with E-state index in [4.69, 9.17) is 62.8 Å². The number of hydrogen-bond donors (Lipinski definition) is 2. The Balaban J connectivity index is 1.49. The molecule has 1 saturated carbocycles. The SMILES string of the molecule is O=C(CC1CONC1=O)c1cc(NC(=O)C2C(c3cc(Cl)cc(Cl)c3)C2(Cl)Cl)ccc1Cl. The molecule has 2 aromatic rings. The first-order chi connectivity index (χ1) is 15.1. The number of amides is 2. The van der Waals surface area contributed by atoms with Gasteiger partial charge in [0, 0.05) is 33.6 Å². The molecule has 1 saturated heterocycles. The van der Waals surface area contributed by atoms with Crippen LogP contribution in [0.25, 0.3) is 0 Å². The number of rotatable bonds is 6. The van der Waals surface area contributed by atoms with E-state index in [1.54, 1.807) is 24.3 Å². The number of carbonyl (C=O) groups is 3. The van der Waals surface area contributed by atoms with Crippen molar-refractivity contribution in [1.29, 1.82) is 0 Å². The van der Waals surface area contributed by atoms with Crippen molar-refractivity contribution in [1.82, 2.24) is 5.48 Å². The Kier molecular flexibility index (Phi) is 6.65. The van der Waals surface area contributed by atoms with E-state index in [1.807, 2.05) is 0 Å². The zero-order valence-electron chi connectivity index (χ0n) is 16.1. The molecular weight excluding hydrogens is 522 g/mol. The smallest absolute Gasteiger partial charge is 0.249 e. The highest BCUT2D eigenvalue weighted by atomic mass is 35.5. The summed E-state index contributed by atoms with van der Waals surface area (Å²) in [6, 6.07) is 9.39. The van der Waals surface area contributed by atoms with E-state index in [0.29, 0.717) is 21.3 Å². The normalized spacial score (nSPS) is 23.5. The van der Waals surface area contributed by atoms with Crippen molar-refractivity contribution in [2.75, 3.05) is 11.9 Å². The van der Waals surface area contributed by atoms with Gasteiger partial charge < -0.3 is 5.32 Å². The maximum atomic E-state index is 12.9. The lowest BCUT2D eigenvalue weighted by atomic mass is 9.98. The van der Waals surface area contributed by atoms with Crippen LogP contribution >= 0.6 is 58.0 Å². The molecule has 4 rings (SSSR count). The average molecular weight is 537 g/mol. The van der Waals surface area contributed by atoms with Gasteiger partial charge >= 0.3 is 0 Å². The third kappa shape index (κ3) is 4.72. The van der Waals surface area contributed by atoms with E-state index in [-0.39, 0.29) is 35.3 Å². The summed E-state index contributed by atoms with van der Waals surface area (Å²) < 4.78 is -1.33. The molecule has 3 unspecified atom stereocenters. The molecule has 2 aromatic carbocycles. The van der Waals surface area contributed by atoms with Gasteiger partial charge in [-0.1, -0.05) is 34.8 Å². The van der Waals surface area contributed by atoms with Crippen molar-refractivity contribution in [2.24, 2.45) is 11.8 Å². The van der Waals surface area contributed by atoms with E-state index in [2.05, 4.69) is 10.8 Å². The molecule has 168 valence electrons. The average Bonchev–Trinajstić information content (AvgIpc) is 3.07. The minimum atomic E-state index is -1.33. The van der Waals surface area contributed by atoms with Gasteiger partial charge in [-0.15, -0.1) is 23.2 Å². The summed E-state index contributed by atoms with van der Waals surface area (Å²) in [6.07, 6.45) is -0.0738. The second kappa shape index (κ2) is 9.01. The van der Waals surface area contributed by atoms with Crippen LogP contribution < -0.4 is 10.8 Å². The van der Waals surface area contributed by atoms with E-state index >= 15 is 0 Å². The number of benzene rings is 2. The molecule has 1 aliphatic carbocycles. The van der Waals surface area contributed by atoms with Gasteiger partial charge in [0.15, 0.2) is 5.78 Å². The van der Waals surface area contributed by atoms with Crippen molar-refractivity contribution in [2.45, 2.75) is 16.7 Å². The van der Waals surface area contributed by atoms with Crippen LogP contribution in [0.2, 0.25) is 15.1 Å². The first kappa shape index (κ1) is 23.6. The third-order valence-electron chi connectivity index (χ3n) is 5.37. The van der Waals surface area contributed by atoms with Crippen LogP contribution in [-0.4, -0.2) is 28.5 Å². The number of alkyl halides is 2. The number of carbonyl (C=O) groups excluding carboxylic acids is 3. The summed E-state index contributed by atoms with van der Waals surface area (Å²) in [5.41, 5.74) is 3.38. The van der Waals surface area contributed by atoms with Crippen LogP contribution in [-0.2, 0) is 14.4 Å². The van der Waals surface area contributed by atoms with Gasteiger partial charge in [-0.2, -0.15) is 0 Å². The van der Waals surface area contributed by atoms with Crippen molar-refractivity contribution in [3.05, 3.63) is 62.6 Å². The molecule has 1 aliphatic heterocycles. The Hall–Kier alpha value is -1.54. The molecule has 32 heavy (non-hydrogen) atoms. The number of halogens is 5. The topological polar surface area (TPSA) is 84.5 Å². The first-order valence-electron chi connectivity index (χ1n) is 9.47. The van der Waals surface area contributed by atoms with Crippen LogP contribution in [0.3, 0.4) is 0 Å². The molecule has 2 N–H and O–H groups in total. The quantitative estimate of drug-likeness (QED) is 0.381. The van der Waals surface area contributed by atoms with Crippen molar-refractivity contribution >= 4 is 81.3 Å². The molecule has 2 amide bonds. The van der Waals surface area contributed by atoms with E-state index in [0.717, 1.165) is 0 Å². The minimum Gasteiger partial charge on any atom is -0.326 e. The monoisotopic (exact) mass is 534 g/mol. The van der Waals surface area contributed by atoms with Gasteiger partial charge in [0.1, 0.15) is 4.33 Å². The largest absolute Gasteiger partial charge is 0.326 e. The Bertz CT molecular complexity index is 1100. The predicted molar refractivity (Wildman–Crippen MR) is 124 cm³/mol. The predicted octanol–water partition coefficient (Wildman–Crippen LogP) is 5.42. The van der Waals surface area contributed by atoms with Crippen molar-refractivity contribution in [3.8, 4) is 0 Å². The zero-order valence-corrected chi connectivity index (χ0v) is 19.9. The van der Waals surface area contributed by atoms with E-state index in [9.17, 15) is 14.4 Å². The van der Waals surface area contributed by atoms with Crippen molar-refractivity contribution in [3.63, 3.8) is 0 Å². The van der Waals surface area contributed by atoms with Gasteiger partial charge in [-0.3, -0.25) is 19.2 Å². The molecule has 0 aromatic heterocycles. The molecular formula is C21H15Cl5N2O4. The van der Waals surface area contributed by atoms with Crippen molar-refractivity contribution < 1.29 is 19.2 Å². The van der Waals surface area contributed by atoms with E-state index < -0.39 is 28.0 Å². The van der Waals surface area contributed by atoms with Gasteiger partial charge in [-0.05, 0) is 42.0 Å². The maximum Gasteiger partial charge on any atom is 0.249 e. The molecule has 1 heterocycles. The Labute approximate surface area is 208 Å². The van der Waals surface area contributed by atoms with Gasteiger partial charge in [-0.25, -0.2) is 5.48 Å². The van der Waals surface area contributed by atoms with Gasteiger partial charge in [0.25, 0.3) is 0 Å². The summed E-state index contributed by atoms with van der Waals surface area (Å²) in [5, 5.41) is 3.74. The maximum absolute atomic E-state index is 12.9. The Morgan fingerprint density at radius 3 is 2.41 bits per heavy atom. The lowest BCUT2D eigenvalue weighted by Gasteiger charge is -2.10. The first-order valence-corrected chi connectivity index (χ1v) is 11.4. The molecule has 0 spiro atoms. The van der Waals surface area contributed by atoms with Gasteiger partial charge in [0.2, 0.25) is 11.8 Å².